The van der Waals surface area contributed by atoms with E-state index in [-0.39, 0.29) is 2.85 Å². The van der Waals surface area contributed by atoms with Crippen LogP contribution in [0.15, 0.2) is 0 Å². The van der Waals surface area contributed by atoms with E-state index in [2.05, 4.69) is 0 Å². The number of aliphatic carboxylic acids is 3. The second-order valence-electron chi connectivity index (χ2n) is 2.48. The van der Waals surface area contributed by atoms with Crippen molar-refractivity contribution in [3.8, 4) is 0 Å². The van der Waals surface area contributed by atoms with Gasteiger partial charge in [0.05, 0.1) is 12.8 Å². The summed E-state index contributed by atoms with van der Waals surface area (Å²) in [6.07, 6.45) is -2.29. The molecule has 7 nitrogen and oxygen atoms in total. The van der Waals surface area contributed by atoms with Crippen molar-refractivity contribution in [2.24, 2.45) is 0 Å². The summed E-state index contributed by atoms with van der Waals surface area (Å²) in [7, 11) is 0. The number of carbonyl (C=O) groups is 3. The summed E-state index contributed by atoms with van der Waals surface area (Å²) in [5.74, 6) is -5.02. The Morgan fingerprint density at radius 3 is 1.46 bits per heavy atom. The maximum Gasteiger partial charge on any atom is 0.336 e. The van der Waals surface area contributed by atoms with E-state index in [0.717, 1.165) is 0 Å². The standard InChI is InChI=1S/C6H8O7.2H2/c7-3(8)1-6(13,5(11)12)2-4(9)10;;/h13H,1-2H2,(H,7,8)(H,9,10)(H,11,12);2*1H. The van der Waals surface area contributed by atoms with Crippen molar-refractivity contribution in [2.75, 3.05) is 0 Å². The van der Waals surface area contributed by atoms with Crippen molar-refractivity contribution in [1.29, 1.82) is 0 Å². The maximum atomic E-state index is 10.3. The zero-order chi connectivity index (χ0) is 10.6. The number of rotatable bonds is 5. The third-order valence-electron chi connectivity index (χ3n) is 1.29. The van der Waals surface area contributed by atoms with E-state index in [0.29, 0.717) is 0 Å². The molecule has 0 spiro atoms. The summed E-state index contributed by atoms with van der Waals surface area (Å²) in [5.41, 5.74) is -2.74. The van der Waals surface area contributed by atoms with Crippen LogP contribution in [0.4, 0.5) is 0 Å². The summed E-state index contributed by atoms with van der Waals surface area (Å²) in [6.45, 7) is 0. The van der Waals surface area contributed by atoms with Gasteiger partial charge in [0.25, 0.3) is 0 Å². The molecule has 0 aromatic carbocycles. The molecule has 0 fully saturated rings. The minimum atomic E-state index is -2.74. The van der Waals surface area contributed by atoms with Crippen molar-refractivity contribution >= 4 is 17.9 Å². The van der Waals surface area contributed by atoms with E-state index in [1.807, 2.05) is 0 Å². The van der Waals surface area contributed by atoms with Crippen molar-refractivity contribution in [1.82, 2.24) is 0 Å². The highest BCUT2D eigenvalue weighted by Crippen LogP contribution is 2.15. The Morgan fingerprint density at radius 2 is 1.31 bits per heavy atom. The van der Waals surface area contributed by atoms with Gasteiger partial charge in [-0.25, -0.2) is 4.79 Å². The van der Waals surface area contributed by atoms with Gasteiger partial charge >= 0.3 is 17.9 Å². The minimum Gasteiger partial charge on any atom is -0.481 e. The molecule has 7 heteroatoms. The molecule has 13 heavy (non-hydrogen) atoms. The quantitative estimate of drug-likeness (QED) is 0.454. The average molecular weight is 196 g/mol. The smallest absolute Gasteiger partial charge is 0.336 e. The van der Waals surface area contributed by atoms with Crippen LogP contribution in [0.3, 0.4) is 0 Å². The van der Waals surface area contributed by atoms with Crippen LogP contribution in [0.1, 0.15) is 15.7 Å². The molecule has 78 valence electrons. The molecule has 0 aliphatic carbocycles. The molecule has 0 saturated carbocycles. The Bertz CT molecular complexity index is 236. The first-order valence-corrected chi connectivity index (χ1v) is 3.17. The summed E-state index contributed by atoms with van der Waals surface area (Å²) >= 11 is 0. The normalized spacial score (nSPS) is 10.8. The molecule has 0 saturated heterocycles. The molecule has 0 bridgehead atoms. The van der Waals surface area contributed by atoms with E-state index < -0.39 is 36.4 Å². The second-order valence-corrected chi connectivity index (χ2v) is 2.48. The van der Waals surface area contributed by atoms with Crippen molar-refractivity contribution in [2.45, 2.75) is 18.4 Å². The lowest BCUT2D eigenvalue weighted by molar-refractivity contribution is -0.170. The molecule has 0 atom stereocenters. The van der Waals surface area contributed by atoms with E-state index in [9.17, 15) is 14.4 Å². The highest BCUT2D eigenvalue weighted by atomic mass is 16.4. The third-order valence-corrected chi connectivity index (χ3v) is 1.29. The first-order valence-electron chi connectivity index (χ1n) is 3.17. The fourth-order valence-electron chi connectivity index (χ4n) is 0.714. The summed E-state index contributed by atoms with van der Waals surface area (Å²) in [5, 5.41) is 33.8. The number of carboxylic acids is 3. The van der Waals surface area contributed by atoms with Crippen LogP contribution in [-0.2, 0) is 14.4 Å². The molecule has 0 heterocycles. The predicted molar refractivity (Wildman–Crippen MR) is 41.3 cm³/mol. The highest BCUT2D eigenvalue weighted by Gasteiger charge is 2.40. The molecule has 0 aromatic heterocycles. The third kappa shape index (κ3) is 3.52. The SMILES string of the molecule is O=C(O)CC(O)(CC(=O)O)C(=O)O.[HH].[HH]. The van der Waals surface area contributed by atoms with Crippen LogP contribution >= 0.6 is 0 Å². The Balaban J connectivity index is -0.000000720. The largest absolute Gasteiger partial charge is 0.481 e. The molecule has 4 N–H and O–H groups in total. The van der Waals surface area contributed by atoms with E-state index in [1.54, 1.807) is 0 Å². The van der Waals surface area contributed by atoms with Crippen LogP contribution in [0.5, 0.6) is 0 Å². The van der Waals surface area contributed by atoms with Gasteiger partial charge in [0, 0.05) is 2.85 Å². The molecule has 0 unspecified atom stereocenters. The number of hydrogen-bond donors (Lipinski definition) is 4. The van der Waals surface area contributed by atoms with Crippen LogP contribution < -0.4 is 0 Å². The topological polar surface area (TPSA) is 132 Å². The van der Waals surface area contributed by atoms with Crippen LogP contribution in [0.2, 0.25) is 0 Å². The van der Waals surface area contributed by atoms with Gasteiger partial charge in [-0.05, 0) is 0 Å². The number of aliphatic hydroxyl groups is 1. The minimum absolute atomic E-state index is 0. The van der Waals surface area contributed by atoms with Crippen molar-refractivity contribution < 1.29 is 37.7 Å². The Hall–Kier alpha value is -1.63. The summed E-state index contributed by atoms with van der Waals surface area (Å²) in [4.78, 5) is 30.5. The fourth-order valence-corrected chi connectivity index (χ4v) is 0.714. The lowest BCUT2D eigenvalue weighted by atomic mass is 9.96. The number of carboxylic acid groups (broad SMARTS) is 3. The lowest BCUT2D eigenvalue weighted by Crippen LogP contribution is -2.42. The molecule has 0 aliphatic heterocycles. The predicted octanol–water partition coefficient (Wildman–Crippen LogP) is -0.756. The average Bonchev–Trinajstić information content (AvgIpc) is 1.82. The molecule has 0 aliphatic rings. The highest BCUT2D eigenvalue weighted by molar-refractivity contribution is 5.88. The monoisotopic (exact) mass is 196 g/mol. The second kappa shape index (κ2) is 3.85. The molecular weight excluding hydrogens is 184 g/mol. The molecule has 0 radical (unpaired) electrons. The van der Waals surface area contributed by atoms with Gasteiger partial charge in [0.15, 0.2) is 5.60 Å². The van der Waals surface area contributed by atoms with E-state index >= 15 is 0 Å². The lowest BCUT2D eigenvalue weighted by Gasteiger charge is -2.18. The van der Waals surface area contributed by atoms with Crippen molar-refractivity contribution in [3.63, 3.8) is 0 Å². The van der Waals surface area contributed by atoms with Crippen LogP contribution in [0, 0.1) is 0 Å². The molecule has 0 rings (SSSR count). The number of hydrogen-bond acceptors (Lipinski definition) is 4. The van der Waals surface area contributed by atoms with Gasteiger partial charge in [-0.1, -0.05) is 0 Å². The van der Waals surface area contributed by atoms with Gasteiger partial charge in [0.2, 0.25) is 0 Å². The maximum absolute atomic E-state index is 10.3. The van der Waals surface area contributed by atoms with Gasteiger partial charge in [-0.15, -0.1) is 0 Å². The van der Waals surface area contributed by atoms with Gasteiger partial charge < -0.3 is 20.4 Å². The summed E-state index contributed by atoms with van der Waals surface area (Å²) in [6, 6.07) is 0. The van der Waals surface area contributed by atoms with E-state index in [1.165, 1.54) is 0 Å². The zero-order valence-electron chi connectivity index (χ0n) is 6.43. The Kier molecular flexibility index (Phi) is 3.37. The van der Waals surface area contributed by atoms with Crippen LogP contribution in [0.25, 0.3) is 0 Å². The first-order chi connectivity index (χ1) is 5.78. The molecular formula is C6H12O7. The first kappa shape index (κ1) is 11.4. The van der Waals surface area contributed by atoms with Gasteiger partial charge in [-0.3, -0.25) is 9.59 Å². The van der Waals surface area contributed by atoms with E-state index in [4.69, 9.17) is 20.4 Å². The van der Waals surface area contributed by atoms with Crippen molar-refractivity contribution in [3.05, 3.63) is 0 Å². The van der Waals surface area contributed by atoms with Gasteiger partial charge in [0.1, 0.15) is 0 Å². The Morgan fingerprint density at radius 1 is 1.00 bits per heavy atom. The van der Waals surface area contributed by atoms with Gasteiger partial charge in [-0.2, -0.15) is 0 Å². The van der Waals surface area contributed by atoms with Crippen LogP contribution in [-0.4, -0.2) is 43.9 Å². The molecule has 0 amide bonds. The Labute approximate surface area is 75.2 Å². The fraction of sp³-hybridized carbons (Fsp3) is 0.500. The zero-order valence-corrected chi connectivity index (χ0v) is 6.43. The summed E-state index contributed by atoms with van der Waals surface area (Å²) < 4.78 is 0. The molecule has 0 aromatic rings.